The summed E-state index contributed by atoms with van der Waals surface area (Å²) in [5, 5.41) is 11.9. The largest absolute Gasteiger partial charge is 0.342 e. The van der Waals surface area contributed by atoms with Crippen LogP contribution < -0.4 is 10.9 Å². The van der Waals surface area contributed by atoms with Gasteiger partial charge in [-0.2, -0.15) is 10.2 Å². The van der Waals surface area contributed by atoms with Crippen molar-refractivity contribution in [3.05, 3.63) is 93.4 Å². The molecule has 0 aliphatic rings. The number of hydrogen-bond acceptors (Lipinski definition) is 6. The Bertz CT molecular complexity index is 1580. The van der Waals surface area contributed by atoms with Crippen LogP contribution in [0, 0.1) is 6.92 Å². The molecule has 10 heteroatoms. The van der Waals surface area contributed by atoms with Gasteiger partial charge in [-0.15, -0.1) is 4.63 Å². The van der Waals surface area contributed by atoms with E-state index in [0.717, 1.165) is 0 Å². The van der Waals surface area contributed by atoms with Gasteiger partial charge in [0.15, 0.2) is 5.65 Å². The third kappa shape index (κ3) is 3.52. The fraction of sp³-hybridized carbons (Fsp3) is 0.130. The SMILES string of the molecule is Cc1nn2nccnc2c1C(=O)N[C@@H](C)c1nc2cccc(Cl)c2c(=O)n1-c1ccccc1. The van der Waals surface area contributed by atoms with Crippen LogP contribution in [0.3, 0.4) is 0 Å². The van der Waals surface area contributed by atoms with E-state index in [1.54, 1.807) is 44.2 Å². The van der Waals surface area contributed by atoms with Crippen molar-refractivity contribution in [3.8, 4) is 5.69 Å². The van der Waals surface area contributed by atoms with Crippen LogP contribution in [-0.4, -0.2) is 35.3 Å². The van der Waals surface area contributed by atoms with E-state index in [0.29, 0.717) is 44.3 Å². The molecule has 0 spiro atoms. The first-order valence-corrected chi connectivity index (χ1v) is 10.6. The second-order valence-corrected chi connectivity index (χ2v) is 7.90. The molecule has 1 N–H and O–H groups in total. The summed E-state index contributed by atoms with van der Waals surface area (Å²) in [6, 6.07) is 13.6. The number of nitrogens with one attached hydrogen (secondary N) is 1. The molecule has 2 aromatic carbocycles. The predicted octanol–water partition coefficient (Wildman–Crippen LogP) is 3.28. The van der Waals surface area contributed by atoms with Gasteiger partial charge in [0.25, 0.3) is 11.5 Å². The van der Waals surface area contributed by atoms with E-state index in [1.165, 1.54) is 21.6 Å². The minimum atomic E-state index is -0.625. The van der Waals surface area contributed by atoms with Crippen molar-refractivity contribution in [2.24, 2.45) is 0 Å². The Morgan fingerprint density at radius 3 is 2.67 bits per heavy atom. The molecule has 3 heterocycles. The zero-order chi connectivity index (χ0) is 23.1. The third-order valence-corrected chi connectivity index (χ3v) is 5.62. The van der Waals surface area contributed by atoms with Gasteiger partial charge in [-0.05, 0) is 38.1 Å². The van der Waals surface area contributed by atoms with E-state index in [-0.39, 0.29) is 5.56 Å². The summed E-state index contributed by atoms with van der Waals surface area (Å²) in [6.07, 6.45) is 2.99. The summed E-state index contributed by atoms with van der Waals surface area (Å²) in [6.45, 7) is 3.48. The number of para-hydroxylation sites is 1. The Hall–Kier alpha value is -4.11. The highest BCUT2D eigenvalue weighted by Gasteiger charge is 2.24. The maximum Gasteiger partial charge on any atom is 0.267 e. The van der Waals surface area contributed by atoms with Crippen LogP contribution in [0.5, 0.6) is 0 Å². The Morgan fingerprint density at radius 2 is 1.88 bits per heavy atom. The van der Waals surface area contributed by atoms with Crippen LogP contribution in [0.2, 0.25) is 5.02 Å². The number of halogens is 1. The minimum absolute atomic E-state index is 0.312. The quantitative estimate of drug-likeness (QED) is 0.442. The number of carbonyl (C=O) groups is 1. The molecule has 9 nitrogen and oxygen atoms in total. The molecule has 0 radical (unpaired) electrons. The molecular weight excluding hydrogens is 442 g/mol. The standard InChI is InChI=1S/C23H18ClN7O2/c1-13-18(21-25-11-12-26-31(21)29-13)22(32)27-14(2)20-28-17-10-6-9-16(24)19(17)23(33)30(20)15-7-4-3-5-8-15/h3-12,14H,1-2H3,(H,27,32)/t14-/m0/s1. The Morgan fingerprint density at radius 1 is 1.09 bits per heavy atom. The van der Waals surface area contributed by atoms with Crippen molar-refractivity contribution in [2.45, 2.75) is 19.9 Å². The fourth-order valence-corrected chi connectivity index (χ4v) is 4.07. The van der Waals surface area contributed by atoms with Crippen LogP contribution in [0.15, 0.2) is 65.7 Å². The topological polar surface area (TPSA) is 107 Å². The van der Waals surface area contributed by atoms with E-state index >= 15 is 0 Å². The summed E-state index contributed by atoms with van der Waals surface area (Å²) in [5.74, 6) is -0.0231. The molecule has 1 amide bonds. The lowest BCUT2D eigenvalue weighted by Gasteiger charge is -2.20. The molecule has 164 valence electrons. The molecule has 0 bridgehead atoms. The van der Waals surface area contributed by atoms with E-state index < -0.39 is 11.9 Å². The monoisotopic (exact) mass is 459 g/mol. The number of aryl methyl sites for hydroxylation is 1. The third-order valence-electron chi connectivity index (χ3n) is 5.31. The van der Waals surface area contributed by atoms with E-state index in [9.17, 15) is 9.59 Å². The first kappa shape index (κ1) is 20.8. The van der Waals surface area contributed by atoms with Crippen LogP contribution >= 0.6 is 11.6 Å². The molecule has 0 saturated heterocycles. The summed E-state index contributed by atoms with van der Waals surface area (Å²) in [5.41, 5.74) is 1.90. The average molecular weight is 460 g/mol. The maximum atomic E-state index is 13.5. The van der Waals surface area contributed by atoms with Gasteiger partial charge in [-0.1, -0.05) is 35.9 Å². The van der Waals surface area contributed by atoms with Gasteiger partial charge in [-0.25, -0.2) is 9.97 Å². The number of benzene rings is 2. The average Bonchev–Trinajstić information content (AvgIpc) is 3.15. The highest BCUT2D eigenvalue weighted by atomic mass is 35.5. The second kappa shape index (κ2) is 8.10. The number of hydrogen-bond donors (Lipinski definition) is 1. The molecule has 5 aromatic rings. The molecule has 1 atom stereocenters. The Kier molecular flexibility index (Phi) is 5.10. The maximum absolute atomic E-state index is 13.5. The van der Waals surface area contributed by atoms with Crippen molar-refractivity contribution in [3.63, 3.8) is 0 Å². The van der Waals surface area contributed by atoms with Crippen LogP contribution in [0.1, 0.15) is 34.8 Å². The normalized spacial score (nSPS) is 12.2. The lowest BCUT2D eigenvalue weighted by molar-refractivity contribution is 0.0938. The molecule has 0 fully saturated rings. The number of carbonyl (C=O) groups excluding carboxylic acids is 1. The summed E-state index contributed by atoms with van der Waals surface area (Å²) in [4.78, 5) is 35.7. The van der Waals surface area contributed by atoms with Crippen molar-refractivity contribution in [1.29, 1.82) is 0 Å². The summed E-state index contributed by atoms with van der Waals surface area (Å²) in [7, 11) is 0. The van der Waals surface area contributed by atoms with Crippen molar-refractivity contribution in [1.82, 2.24) is 34.7 Å². The molecular formula is C23H18ClN7O2. The minimum Gasteiger partial charge on any atom is -0.342 e. The number of nitrogens with zero attached hydrogens (tertiary/aromatic N) is 6. The van der Waals surface area contributed by atoms with E-state index in [4.69, 9.17) is 16.6 Å². The van der Waals surface area contributed by atoms with Gasteiger partial charge in [0.05, 0.1) is 39.5 Å². The van der Waals surface area contributed by atoms with Crippen molar-refractivity contribution >= 4 is 34.1 Å². The van der Waals surface area contributed by atoms with E-state index in [2.05, 4.69) is 20.5 Å². The fourth-order valence-electron chi connectivity index (χ4n) is 3.82. The van der Waals surface area contributed by atoms with Gasteiger partial charge in [0.1, 0.15) is 11.4 Å². The zero-order valence-electron chi connectivity index (χ0n) is 17.7. The van der Waals surface area contributed by atoms with Crippen molar-refractivity contribution in [2.75, 3.05) is 0 Å². The van der Waals surface area contributed by atoms with E-state index in [1.807, 2.05) is 18.2 Å². The molecule has 0 aliphatic carbocycles. The molecule has 0 saturated carbocycles. The van der Waals surface area contributed by atoms with Gasteiger partial charge in [0, 0.05) is 6.20 Å². The second-order valence-electron chi connectivity index (χ2n) is 7.49. The number of fused-ring (bicyclic) bond motifs is 2. The number of rotatable bonds is 4. The molecule has 33 heavy (non-hydrogen) atoms. The first-order chi connectivity index (χ1) is 16.0. The molecule has 5 rings (SSSR count). The lowest BCUT2D eigenvalue weighted by Crippen LogP contribution is -2.33. The zero-order valence-corrected chi connectivity index (χ0v) is 18.5. The Balaban J connectivity index is 1.64. The predicted molar refractivity (Wildman–Crippen MR) is 124 cm³/mol. The van der Waals surface area contributed by atoms with Crippen LogP contribution in [-0.2, 0) is 0 Å². The molecule has 0 unspecified atom stereocenters. The highest BCUT2D eigenvalue weighted by molar-refractivity contribution is 6.35. The first-order valence-electron chi connectivity index (χ1n) is 10.2. The lowest BCUT2D eigenvalue weighted by atomic mass is 10.1. The van der Waals surface area contributed by atoms with Gasteiger partial charge < -0.3 is 5.32 Å². The van der Waals surface area contributed by atoms with Gasteiger partial charge >= 0.3 is 0 Å². The summed E-state index contributed by atoms with van der Waals surface area (Å²) < 4.78 is 2.78. The Labute approximate surface area is 192 Å². The van der Waals surface area contributed by atoms with Gasteiger partial charge in [-0.3, -0.25) is 14.2 Å². The van der Waals surface area contributed by atoms with Gasteiger partial charge in [0.2, 0.25) is 0 Å². The van der Waals surface area contributed by atoms with Crippen LogP contribution in [0.25, 0.3) is 22.2 Å². The van der Waals surface area contributed by atoms with Crippen LogP contribution in [0.4, 0.5) is 0 Å². The number of amides is 1. The number of aromatic nitrogens is 6. The molecule has 0 aliphatic heterocycles. The highest BCUT2D eigenvalue weighted by Crippen LogP contribution is 2.23. The summed E-state index contributed by atoms with van der Waals surface area (Å²) >= 11 is 6.33. The van der Waals surface area contributed by atoms with Crippen molar-refractivity contribution < 1.29 is 4.79 Å². The smallest absolute Gasteiger partial charge is 0.267 e. The molecule has 3 aromatic heterocycles.